The smallest absolute Gasteiger partial charge is 0.310 e. The molecule has 0 radical (unpaired) electrons. The lowest BCUT2D eigenvalue weighted by Crippen LogP contribution is -2.38. The highest BCUT2D eigenvalue weighted by Gasteiger charge is 2.28. The van der Waals surface area contributed by atoms with Crippen molar-refractivity contribution in [2.24, 2.45) is 11.7 Å². The molecule has 6 nitrogen and oxygen atoms in total. The third-order valence-corrected chi connectivity index (χ3v) is 4.60. The first-order valence-corrected chi connectivity index (χ1v) is 9.16. The maximum atomic E-state index is 11.3. The van der Waals surface area contributed by atoms with Gasteiger partial charge in [0.15, 0.2) is 0 Å². The van der Waals surface area contributed by atoms with E-state index in [-0.39, 0.29) is 22.8 Å². The van der Waals surface area contributed by atoms with E-state index in [1.807, 2.05) is 13.8 Å². The summed E-state index contributed by atoms with van der Waals surface area (Å²) in [7, 11) is -4.02. The van der Waals surface area contributed by atoms with Gasteiger partial charge in [-0.05, 0) is 38.8 Å². The van der Waals surface area contributed by atoms with Crippen LogP contribution < -0.4 is 5.73 Å². The van der Waals surface area contributed by atoms with E-state index < -0.39 is 10.1 Å². The molecular formula is C16H25NO5S. The zero-order chi connectivity index (χ0) is 17.5. The van der Waals surface area contributed by atoms with Gasteiger partial charge in [-0.3, -0.25) is 9.35 Å². The van der Waals surface area contributed by atoms with Crippen LogP contribution in [0.1, 0.15) is 38.2 Å². The first kappa shape index (κ1) is 19.6. The van der Waals surface area contributed by atoms with Crippen LogP contribution in [0.2, 0.25) is 0 Å². The maximum Gasteiger partial charge on any atom is 0.310 e. The molecule has 0 aliphatic heterocycles. The summed E-state index contributed by atoms with van der Waals surface area (Å²) >= 11 is 0. The van der Waals surface area contributed by atoms with E-state index in [9.17, 15) is 13.2 Å². The average Bonchev–Trinajstić information content (AvgIpc) is 2.48. The topological polar surface area (TPSA) is 107 Å². The van der Waals surface area contributed by atoms with E-state index in [0.29, 0.717) is 6.61 Å². The monoisotopic (exact) mass is 343 g/mol. The van der Waals surface area contributed by atoms with Crippen molar-refractivity contribution < 1.29 is 22.5 Å². The fourth-order valence-corrected chi connectivity index (χ4v) is 2.89. The van der Waals surface area contributed by atoms with E-state index in [2.05, 4.69) is 0 Å². The molecule has 2 atom stereocenters. The van der Waals surface area contributed by atoms with Crippen molar-refractivity contribution in [3.8, 4) is 0 Å². The highest BCUT2D eigenvalue weighted by molar-refractivity contribution is 7.85. The predicted octanol–water partition coefficient (Wildman–Crippen LogP) is 2.31. The molecule has 1 aliphatic carbocycles. The van der Waals surface area contributed by atoms with E-state index >= 15 is 0 Å². The molecule has 0 bridgehead atoms. The standard InChI is InChI=1S/C9H17NO2.C7H8O3S/c1-2-12-9(11)7-5-3-4-6-8(7)10;1-6-2-4-7(5-3-6)11(8,9)10/h7-8H,2-6,10H2,1H3;2-5H,1H3,(H,8,9,10)/t7-,8+;/m0./s1. The molecule has 0 aromatic heterocycles. The third kappa shape index (κ3) is 6.68. The zero-order valence-electron chi connectivity index (χ0n) is 13.6. The molecule has 0 spiro atoms. The quantitative estimate of drug-likeness (QED) is 0.644. The molecular weight excluding hydrogens is 318 g/mol. The first-order chi connectivity index (χ1) is 10.8. The summed E-state index contributed by atoms with van der Waals surface area (Å²) in [5.74, 6) is -0.150. The summed E-state index contributed by atoms with van der Waals surface area (Å²) in [5, 5.41) is 0. The summed E-state index contributed by atoms with van der Waals surface area (Å²) in [4.78, 5) is 11.2. The Morgan fingerprint density at radius 3 is 2.30 bits per heavy atom. The fraction of sp³-hybridized carbons (Fsp3) is 0.562. The molecule has 7 heteroatoms. The van der Waals surface area contributed by atoms with Crippen LogP contribution in [0.4, 0.5) is 0 Å². The Labute approximate surface area is 137 Å². The predicted molar refractivity (Wildman–Crippen MR) is 87.6 cm³/mol. The van der Waals surface area contributed by atoms with Gasteiger partial charge in [-0.2, -0.15) is 8.42 Å². The van der Waals surface area contributed by atoms with Crippen LogP contribution in [0, 0.1) is 12.8 Å². The molecule has 1 fully saturated rings. The molecule has 0 saturated heterocycles. The second-order valence-corrected chi connectivity index (χ2v) is 7.02. The van der Waals surface area contributed by atoms with E-state index in [4.69, 9.17) is 15.0 Å². The number of rotatable bonds is 3. The molecule has 1 aromatic rings. The summed E-state index contributed by atoms with van der Waals surface area (Å²) in [6.07, 6.45) is 4.12. The molecule has 1 aliphatic rings. The van der Waals surface area contributed by atoms with Gasteiger partial charge in [-0.15, -0.1) is 0 Å². The molecule has 1 aromatic carbocycles. The van der Waals surface area contributed by atoms with Gasteiger partial charge < -0.3 is 10.5 Å². The molecule has 2 rings (SSSR count). The van der Waals surface area contributed by atoms with Crippen molar-refractivity contribution in [1.29, 1.82) is 0 Å². The Hall–Kier alpha value is -1.44. The lowest BCUT2D eigenvalue weighted by Gasteiger charge is -2.26. The number of ether oxygens (including phenoxy) is 1. The molecule has 3 N–H and O–H groups in total. The Balaban J connectivity index is 0.000000231. The number of hydrogen-bond acceptors (Lipinski definition) is 5. The highest BCUT2D eigenvalue weighted by atomic mass is 32.2. The van der Waals surface area contributed by atoms with Gasteiger partial charge in [-0.1, -0.05) is 30.5 Å². The Kier molecular flexibility index (Phi) is 7.67. The van der Waals surface area contributed by atoms with Crippen molar-refractivity contribution in [3.63, 3.8) is 0 Å². The number of benzene rings is 1. The summed E-state index contributed by atoms with van der Waals surface area (Å²) in [6, 6.07) is 6.01. The maximum absolute atomic E-state index is 11.3. The Morgan fingerprint density at radius 2 is 1.83 bits per heavy atom. The van der Waals surface area contributed by atoms with Gasteiger partial charge >= 0.3 is 5.97 Å². The van der Waals surface area contributed by atoms with Crippen molar-refractivity contribution in [1.82, 2.24) is 0 Å². The molecule has 0 heterocycles. The van der Waals surface area contributed by atoms with Crippen molar-refractivity contribution >= 4 is 16.1 Å². The van der Waals surface area contributed by atoms with E-state index in [1.165, 1.54) is 12.1 Å². The summed E-state index contributed by atoms with van der Waals surface area (Å²) in [5.41, 5.74) is 6.77. The van der Waals surface area contributed by atoms with Crippen LogP contribution in [0.5, 0.6) is 0 Å². The van der Waals surface area contributed by atoms with Crippen LogP contribution in [0.25, 0.3) is 0 Å². The minimum Gasteiger partial charge on any atom is -0.466 e. The Bertz CT molecular complexity index is 597. The molecule has 130 valence electrons. The van der Waals surface area contributed by atoms with Gasteiger partial charge in [0.25, 0.3) is 10.1 Å². The lowest BCUT2D eigenvalue weighted by atomic mass is 9.85. The number of nitrogens with two attached hydrogens (primary N) is 1. The number of esters is 1. The van der Waals surface area contributed by atoms with Crippen molar-refractivity contribution in [2.45, 2.75) is 50.5 Å². The van der Waals surface area contributed by atoms with Crippen LogP contribution in [0.15, 0.2) is 29.2 Å². The lowest BCUT2D eigenvalue weighted by molar-refractivity contribution is -0.149. The SMILES string of the molecule is CCOC(=O)[C@H]1CCCC[C@H]1N.Cc1ccc(S(=O)(=O)O)cc1. The second kappa shape index (κ2) is 9.00. The normalized spacial score (nSPS) is 21.0. The molecule has 0 amide bonds. The van der Waals surface area contributed by atoms with Crippen molar-refractivity contribution in [3.05, 3.63) is 29.8 Å². The number of carbonyl (C=O) groups excluding carboxylic acids is 1. The molecule has 1 saturated carbocycles. The highest BCUT2D eigenvalue weighted by Crippen LogP contribution is 2.23. The Morgan fingerprint density at radius 1 is 1.26 bits per heavy atom. The largest absolute Gasteiger partial charge is 0.466 e. The number of aryl methyl sites for hydroxylation is 1. The first-order valence-electron chi connectivity index (χ1n) is 7.72. The number of carbonyl (C=O) groups is 1. The third-order valence-electron chi connectivity index (χ3n) is 3.73. The minimum atomic E-state index is -4.02. The van der Waals surface area contributed by atoms with Gasteiger partial charge in [0, 0.05) is 6.04 Å². The van der Waals surface area contributed by atoms with Gasteiger partial charge in [0.2, 0.25) is 0 Å². The van der Waals surface area contributed by atoms with Crippen molar-refractivity contribution in [2.75, 3.05) is 6.61 Å². The summed E-state index contributed by atoms with van der Waals surface area (Å²) in [6.45, 7) is 4.13. The van der Waals surface area contributed by atoms with E-state index in [1.54, 1.807) is 12.1 Å². The zero-order valence-corrected chi connectivity index (χ0v) is 14.4. The van der Waals surface area contributed by atoms with Crippen LogP contribution in [-0.4, -0.2) is 31.6 Å². The van der Waals surface area contributed by atoms with Gasteiger partial charge in [0.05, 0.1) is 17.4 Å². The second-order valence-electron chi connectivity index (χ2n) is 5.59. The summed E-state index contributed by atoms with van der Waals surface area (Å²) < 4.78 is 34.5. The fourth-order valence-electron chi connectivity index (χ4n) is 2.41. The van der Waals surface area contributed by atoms with Gasteiger partial charge in [0.1, 0.15) is 0 Å². The minimum absolute atomic E-state index is 0.0257. The number of hydrogen-bond donors (Lipinski definition) is 2. The molecule has 0 unspecified atom stereocenters. The van der Waals surface area contributed by atoms with E-state index in [0.717, 1.165) is 31.2 Å². The van der Waals surface area contributed by atoms with Crippen LogP contribution >= 0.6 is 0 Å². The van der Waals surface area contributed by atoms with Crippen LogP contribution in [0.3, 0.4) is 0 Å². The molecule has 23 heavy (non-hydrogen) atoms. The van der Waals surface area contributed by atoms with Crippen LogP contribution in [-0.2, 0) is 19.6 Å². The average molecular weight is 343 g/mol. The van der Waals surface area contributed by atoms with Gasteiger partial charge in [-0.25, -0.2) is 0 Å².